The molecular formula is C15H22N2O4S. The maximum Gasteiger partial charge on any atom is 0.251 e. The summed E-state index contributed by atoms with van der Waals surface area (Å²) < 4.78 is 32.4. The predicted molar refractivity (Wildman–Crippen MR) is 82.8 cm³/mol. The summed E-state index contributed by atoms with van der Waals surface area (Å²) in [4.78, 5) is 14.0. The molecule has 22 heavy (non-hydrogen) atoms. The van der Waals surface area contributed by atoms with E-state index in [0.29, 0.717) is 13.1 Å². The van der Waals surface area contributed by atoms with Crippen LogP contribution >= 0.6 is 0 Å². The highest BCUT2D eigenvalue weighted by molar-refractivity contribution is 7.89. The Morgan fingerprint density at radius 1 is 1.36 bits per heavy atom. The predicted octanol–water partition coefficient (Wildman–Crippen LogP) is 0.991. The van der Waals surface area contributed by atoms with Gasteiger partial charge in [-0.05, 0) is 31.9 Å². The number of rotatable bonds is 5. The van der Waals surface area contributed by atoms with E-state index in [0.717, 1.165) is 12.8 Å². The zero-order valence-electron chi connectivity index (χ0n) is 12.9. The second kappa shape index (κ2) is 7.21. The van der Waals surface area contributed by atoms with Crippen LogP contribution in [0, 0.1) is 0 Å². The summed E-state index contributed by atoms with van der Waals surface area (Å²) in [6.45, 7) is 2.70. The fraction of sp³-hybridized carbons (Fsp3) is 0.533. The first-order valence-corrected chi connectivity index (χ1v) is 8.81. The van der Waals surface area contributed by atoms with Crippen molar-refractivity contribution in [2.75, 3.05) is 20.2 Å². The summed E-state index contributed by atoms with van der Waals surface area (Å²) in [6, 6.07) is 7.98. The lowest BCUT2D eigenvalue weighted by molar-refractivity contribution is -0.142. The highest BCUT2D eigenvalue weighted by Gasteiger charge is 2.29. The van der Waals surface area contributed by atoms with Gasteiger partial charge in [0, 0.05) is 26.2 Å². The average molecular weight is 326 g/mol. The first-order chi connectivity index (χ1) is 10.4. The Bertz CT molecular complexity index is 603. The molecule has 7 heteroatoms. The van der Waals surface area contributed by atoms with Gasteiger partial charge in [-0.15, -0.1) is 0 Å². The van der Waals surface area contributed by atoms with Crippen LogP contribution in [0.25, 0.3) is 0 Å². The molecule has 2 atom stereocenters. The number of piperidine rings is 1. The maximum absolute atomic E-state index is 12.3. The van der Waals surface area contributed by atoms with Crippen molar-refractivity contribution < 1.29 is 17.9 Å². The van der Waals surface area contributed by atoms with Crippen LogP contribution in [-0.4, -0.2) is 51.6 Å². The summed E-state index contributed by atoms with van der Waals surface area (Å²) in [5.41, 5.74) is 0. The molecule has 1 amide bonds. The van der Waals surface area contributed by atoms with Gasteiger partial charge in [-0.3, -0.25) is 4.79 Å². The number of likely N-dealkylation sites (tertiary alicyclic amines) is 1. The van der Waals surface area contributed by atoms with Crippen molar-refractivity contribution in [3.63, 3.8) is 0 Å². The second-order valence-electron chi connectivity index (χ2n) is 5.44. The molecule has 1 heterocycles. The normalized spacial score (nSPS) is 20.6. The molecule has 6 nitrogen and oxygen atoms in total. The van der Waals surface area contributed by atoms with Crippen molar-refractivity contribution in [1.29, 1.82) is 0 Å². The van der Waals surface area contributed by atoms with Gasteiger partial charge in [0.15, 0.2) is 0 Å². The number of nitrogens with zero attached hydrogens (tertiary/aromatic N) is 1. The minimum Gasteiger partial charge on any atom is -0.372 e. The summed E-state index contributed by atoms with van der Waals surface area (Å²) in [7, 11) is -2.07. The van der Waals surface area contributed by atoms with E-state index in [1.165, 1.54) is 7.11 Å². The van der Waals surface area contributed by atoms with Crippen LogP contribution in [0.4, 0.5) is 0 Å². The van der Waals surface area contributed by atoms with Crippen LogP contribution < -0.4 is 4.72 Å². The molecule has 0 aliphatic carbocycles. The molecule has 1 aliphatic rings. The molecule has 1 saturated heterocycles. The molecule has 2 rings (SSSR count). The van der Waals surface area contributed by atoms with Gasteiger partial charge in [-0.2, -0.15) is 0 Å². The maximum atomic E-state index is 12.3. The van der Waals surface area contributed by atoms with E-state index >= 15 is 0 Å². The van der Waals surface area contributed by atoms with E-state index in [4.69, 9.17) is 4.74 Å². The Kier molecular flexibility index (Phi) is 5.55. The van der Waals surface area contributed by atoms with Crippen LogP contribution in [0.1, 0.15) is 19.8 Å². The fourth-order valence-electron chi connectivity index (χ4n) is 2.52. The number of benzene rings is 1. The van der Waals surface area contributed by atoms with E-state index in [1.54, 1.807) is 42.2 Å². The Morgan fingerprint density at radius 3 is 2.68 bits per heavy atom. The zero-order valence-corrected chi connectivity index (χ0v) is 13.7. The standard InChI is InChI=1S/C15H22N2O4S/c1-12(21-2)15(18)17-10-6-7-13(11-17)16-22(19,20)14-8-4-3-5-9-14/h3-5,8-9,12-13,16H,6-7,10-11H2,1-2H3/t12-,13-/m1/s1. The summed E-state index contributed by atoms with van der Waals surface area (Å²) in [6.07, 6.45) is 0.978. The number of ether oxygens (including phenoxy) is 1. The quantitative estimate of drug-likeness (QED) is 0.875. The third kappa shape index (κ3) is 4.06. The lowest BCUT2D eigenvalue weighted by Gasteiger charge is -2.34. The summed E-state index contributed by atoms with van der Waals surface area (Å²) in [5, 5.41) is 0. The Balaban J connectivity index is 2.03. The Labute approximate surface area is 131 Å². The van der Waals surface area contributed by atoms with Crippen molar-refractivity contribution in [3.05, 3.63) is 30.3 Å². The first-order valence-electron chi connectivity index (χ1n) is 7.33. The molecule has 1 aliphatic heterocycles. The minimum absolute atomic E-state index is 0.105. The van der Waals surface area contributed by atoms with E-state index < -0.39 is 16.1 Å². The summed E-state index contributed by atoms with van der Waals surface area (Å²) >= 11 is 0. The van der Waals surface area contributed by atoms with E-state index in [2.05, 4.69) is 4.72 Å². The van der Waals surface area contributed by atoms with E-state index in [1.807, 2.05) is 0 Å². The number of sulfonamides is 1. The van der Waals surface area contributed by atoms with Gasteiger partial charge in [0.1, 0.15) is 6.10 Å². The molecular weight excluding hydrogens is 304 g/mol. The van der Waals surface area contributed by atoms with Crippen molar-refractivity contribution in [2.24, 2.45) is 0 Å². The van der Waals surface area contributed by atoms with Crippen LogP contribution in [0.15, 0.2) is 35.2 Å². The van der Waals surface area contributed by atoms with Crippen LogP contribution in [0.5, 0.6) is 0 Å². The number of amides is 1. The highest BCUT2D eigenvalue weighted by Crippen LogP contribution is 2.15. The molecule has 1 aromatic rings. The SMILES string of the molecule is CO[C@H](C)C(=O)N1CCC[C@@H](NS(=O)(=O)c2ccccc2)C1. The molecule has 0 bridgehead atoms. The monoisotopic (exact) mass is 326 g/mol. The van der Waals surface area contributed by atoms with Gasteiger partial charge in [0.25, 0.3) is 5.91 Å². The molecule has 0 unspecified atom stereocenters. The van der Waals surface area contributed by atoms with Crippen molar-refractivity contribution in [2.45, 2.75) is 36.8 Å². The molecule has 0 aromatic heterocycles. The zero-order chi connectivity index (χ0) is 16.2. The first kappa shape index (κ1) is 16.9. The van der Waals surface area contributed by atoms with Crippen LogP contribution in [0.3, 0.4) is 0 Å². The van der Waals surface area contributed by atoms with Crippen molar-refractivity contribution >= 4 is 15.9 Å². The Hall–Kier alpha value is -1.44. The van der Waals surface area contributed by atoms with Gasteiger partial charge < -0.3 is 9.64 Å². The molecule has 0 radical (unpaired) electrons. The lowest BCUT2D eigenvalue weighted by Crippen LogP contribution is -2.51. The smallest absolute Gasteiger partial charge is 0.251 e. The van der Waals surface area contributed by atoms with Crippen LogP contribution in [0.2, 0.25) is 0 Å². The number of methoxy groups -OCH3 is 1. The van der Waals surface area contributed by atoms with Gasteiger partial charge in [-0.1, -0.05) is 18.2 Å². The highest BCUT2D eigenvalue weighted by atomic mass is 32.2. The average Bonchev–Trinajstić information content (AvgIpc) is 2.54. The minimum atomic E-state index is -3.55. The molecule has 1 fully saturated rings. The Morgan fingerprint density at radius 2 is 2.05 bits per heavy atom. The van der Waals surface area contributed by atoms with Gasteiger partial charge in [0.2, 0.25) is 10.0 Å². The molecule has 0 saturated carbocycles. The molecule has 1 aromatic carbocycles. The number of carbonyl (C=O) groups is 1. The van der Waals surface area contributed by atoms with Gasteiger partial charge in [-0.25, -0.2) is 13.1 Å². The summed E-state index contributed by atoms with van der Waals surface area (Å²) in [5.74, 6) is -0.105. The third-order valence-electron chi connectivity index (χ3n) is 3.81. The van der Waals surface area contributed by atoms with E-state index in [9.17, 15) is 13.2 Å². The lowest BCUT2D eigenvalue weighted by atomic mass is 10.1. The third-order valence-corrected chi connectivity index (χ3v) is 5.35. The largest absolute Gasteiger partial charge is 0.372 e. The second-order valence-corrected chi connectivity index (χ2v) is 7.15. The fourth-order valence-corrected chi connectivity index (χ4v) is 3.80. The topological polar surface area (TPSA) is 75.7 Å². The molecule has 1 N–H and O–H groups in total. The number of carbonyl (C=O) groups excluding carboxylic acids is 1. The number of hydrogen-bond acceptors (Lipinski definition) is 4. The van der Waals surface area contributed by atoms with Crippen molar-refractivity contribution in [3.8, 4) is 0 Å². The van der Waals surface area contributed by atoms with Gasteiger partial charge in [0.05, 0.1) is 4.90 Å². The molecule has 0 spiro atoms. The number of nitrogens with one attached hydrogen (secondary N) is 1. The van der Waals surface area contributed by atoms with Gasteiger partial charge >= 0.3 is 0 Å². The van der Waals surface area contributed by atoms with E-state index in [-0.39, 0.29) is 16.8 Å². The van der Waals surface area contributed by atoms with Crippen molar-refractivity contribution in [1.82, 2.24) is 9.62 Å². The van der Waals surface area contributed by atoms with Crippen LogP contribution in [-0.2, 0) is 19.6 Å². The molecule has 122 valence electrons. The number of hydrogen-bond donors (Lipinski definition) is 1.